The largest absolute Gasteiger partial charge is 0.285 e. The maximum absolute atomic E-state index is 5.16. The van der Waals surface area contributed by atoms with Gasteiger partial charge < -0.3 is 0 Å². The van der Waals surface area contributed by atoms with E-state index in [9.17, 15) is 0 Å². The summed E-state index contributed by atoms with van der Waals surface area (Å²) < 4.78 is 0. The van der Waals surface area contributed by atoms with Crippen molar-refractivity contribution in [1.29, 1.82) is 0 Å². The minimum atomic E-state index is 0.322. The molecule has 0 unspecified atom stereocenters. The third kappa shape index (κ3) is 2.27. The van der Waals surface area contributed by atoms with E-state index >= 15 is 0 Å². The Labute approximate surface area is 146 Å². The van der Waals surface area contributed by atoms with Crippen LogP contribution in [0.1, 0.15) is 77.0 Å². The lowest BCUT2D eigenvalue weighted by atomic mass is 9.53. The summed E-state index contributed by atoms with van der Waals surface area (Å²) in [7, 11) is 0. The zero-order valence-electron chi connectivity index (χ0n) is 15.0. The van der Waals surface area contributed by atoms with Crippen LogP contribution in [0.25, 0.3) is 0 Å². The van der Waals surface area contributed by atoms with Gasteiger partial charge >= 0.3 is 0 Å². The Hall–Kier alpha value is -0.660. The van der Waals surface area contributed by atoms with Gasteiger partial charge in [-0.1, -0.05) is 0 Å². The fourth-order valence-electron chi connectivity index (χ4n) is 8.83. The number of nitrogens with zero attached hydrogens (tertiary/aromatic N) is 2. The van der Waals surface area contributed by atoms with E-state index in [2.05, 4.69) is 12.4 Å². The molecule has 8 bridgehead atoms. The van der Waals surface area contributed by atoms with Gasteiger partial charge in [-0.2, -0.15) is 0 Å². The molecule has 2 nitrogen and oxygen atoms in total. The van der Waals surface area contributed by atoms with Crippen LogP contribution in [-0.2, 0) is 0 Å². The molecule has 8 rings (SSSR count). The van der Waals surface area contributed by atoms with Gasteiger partial charge in [0.25, 0.3) is 0 Å². The Morgan fingerprint density at radius 2 is 0.708 bits per heavy atom. The molecule has 0 aromatic heterocycles. The van der Waals surface area contributed by atoms with Gasteiger partial charge in [0.15, 0.2) is 0 Å². The van der Waals surface area contributed by atoms with E-state index in [1.807, 2.05) is 0 Å². The molecular formula is C22H32N2. The summed E-state index contributed by atoms with van der Waals surface area (Å²) in [4.78, 5) is 10.3. The molecule has 0 aromatic carbocycles. The SMILES string of the molecule is C(/C=N/C12CC3CC(CC(C3)C1)C2)=NC12CC3CC(CC(C3)C1)C2. The van der Waals surface area contributed by atoms with Gasteiger partial charge in [0.05, 0.1) is 11.1 Å². The van der Waals surface area contributed by atoms with Crippen molar-refractivity contribution < 1.29 is 0 Å². The van der Waals surface area contributed by atoms with E-state index in [1.54, 1.807) is 0 Å². The van der Waals surface area contributed by atoms with Crippen molar-refractivity contribution >= 4 is 12.4 Å². The highest BCUT2D eigenvalue weighted by atomic mass is 14.9. The summed E-state index contributed by atoms with van der Waals surface area (Å²) in [5, 5.41) is 0. The Kier molecular flexibility index (Phi) is 2.99. The molecule has 0 aromatic rings. The summed E-state index contributed by atoms with van der Waals surface area (Å²) in [5.74, 6) is 5.96. The first kappa shape index (κ1) is 14.5. The highest BCUT2D eigenvalue weighted by molar-refractivity contribution is 6.16. The minimum absolute atomic E-state index is 0.322. The van der Waals surface area contributed by atoms with E-state index in [1.165, 1.54) is 77.0 Å². The van der Waals surface area contributed by atoms with E-state index in [0.29, 0.717) is 11.1 Å². The van der Waals surface area contributed by atoms with Crippen LogP contribution >= 0.6 is 0 Å². The maximum atomic E-state index is 5.16. The average molecular weight is 325 g/mol. The van der Waals surface area contributed by atoms with Gasteiger partial charge in [0, 0.05) is 12.4 Å². The van der Waals surface area contributed by atoms with Crippen LogP contribution in [0.4, 0.5) is 0 Å². The lowest BCUT2D eigenvalue weighted by Crippen LogP contribution is -2.49. The monoisotopic (exact) mass is 324 g/mol. The number of hydrogen-bond acceptors (Lipinski definition) is 2. The Morgan fingerprint density at radius 3 is 0.958 bits per heavy atom. The normalized spacial score (nSPS) is 57.7. The molecule has 8 aliphatic carbocycles. The average Bonchev–Trinajstić information content (AvgIpc) is 2.49. The molecule has 0 amide bonds. The zero-order chi connectivity index (χ0) is 15.8. The third-order valence-electron chi connectivity index (χ3n) is 8.78. The molecular weight excluding hydrogens is 292 g/mol. The van der Waals surface area contributed by atoms with Gasteiger partial charge in [0.1, 0.15) is 0 Å². The van der Waals surface area contributed by atoms with Crippen molar-refractivity contribution in [1.82, 2.24) is 0 Å². The molecule has 0 aliphatic heterocycles. The predicted octanol–water partition coefficient (Wildman–Crippen LogP) is 5.07. The van der Waals surface area contributed by atoms with Crippen molar-refractivity contribution in [3.05, 3.63) is 0 Å². The maximum Gasteiger partial charge on any atom is 0.0616 e. The van der Waals surface area contributed by atoms with Crippen LogP contribution in [0.15, 0.2) is 9.98 Å². The number of aliphatic imine (C=N–C) groups is 2. The van der Waals surface area contributed by atoms with Gasteiger partial charge in [-0.05, 0) is 113 Å². The number of rotatable bonds is 3. The topological polar surface area (TPSA) is 24.7 Å². The molecule has 24 heavy (non-hydrogen) atoms. The summed E-state index contributed by atoms with van der Waals surface area (Å²) in [5.41, 5.74) is 0.643. The van der Waals surface area contributed by atoms with Gasteiger partial charge in [-0.15, -0.1) is 0 Å². The van der Waals surface area contributed by atoms with E-state index in [-0.39, 0.29) is 0 Å². The molecule has 0 atom stereocenters. The Balaban J connectivity index is 1.18. The summed E-state index contributed by atoms with van der Waals surface area (Å²) in [6.07, 6.45) is 21.6. The first-order valence-electron chi connectivity index (χ1n) is 10.8. The van der Waals surface area contributed by atoms with Crippen LogP contribution in [0.2, 0.25) is 0 Å². The van der Waals surface area contributed by atoms with Crippen LogP contribution in [0, 0.1) is 35.5 Å². The minimum Gasteiger partial charge on any atom is -0.285 e. The first-order valence-corrected chi connectivity index (χ1v) is 10.8. The molecule has 0 N–H and O–H groups in total. The second-order valence-corrected chi connectivity index (χ2v) is 10.8. The van der Waals surface area contributed by atoms with Crippen molar-refractivity contribution in [2.75, 3.05) is 0 Å². The highest BCUT2D eigenvalue weighted by Gasteiger charge is 2.51. The van der Waals surface area contributed by atoms with Gasteiger partial charge in [0.2, 0.25) is 0 Å². The van der Waals surface area contributed by atoms with Crippen molar-refractivity contribution in [2.24, 2.45) is 45.5 Å². The van der Waals surface area contributed by atoms with Crippen LogP contribution in [0.3, 0.4) is 0 Å². The molecule has 8 fully saturated rings. The Bertz CT molecular complexity index is 464. The van der Waals surface area contributed by atoms with Crippen LogP contribution in [-0.4, -0.2) is 23.5 Å². The van der Waals surface area contributed by atoms with E-state index in [4.69, 9.17) is 9.98 Å². The fraction of sp³-hybridized carbons (Fsp3) is 0.909. The lowest BCUT2D eigenvalue weighted by Gasteiger charge is -2.55. The van der Waals surface area contributed by atoms with Crippen molar-refractivity contribution in [3.8, 4) is 0 Å². The summed E-state index contributed by atoms with van der Waals surface area (Å²) >= 11 is 0. The standard InChI is InChI=1S/C22H32N2/c1(23-21-9-15-3-16(10-21)5-17(4-15)11-21)2-24-22-12-18-6-19(13-22)8-20(7-18)14-22/h1-2,15-20H,3-14H2/b23-1+,24-2?. The smallest absolute Gasteiger partial charge is 0.0616 e. The molecule has 2 heteroatoms. The van der Waals surface area contributed by atoms with Crippen molar-refractivity contribution in [2.45, 2.75) is 88.1 Å². The third-order valence-corrected chi connectivity index (χ3v) is 8.78. The molecule has 8 saturated carbocycles. The van der Waals surface area contributed by atoms with E-state index in [0.717, 1.165) is 35.5 Å². The molecule has 0 radical (unpaired) electrons. The number of hydrogen-bond donors (Lipinski definition) is 0. The highest BCUT2D eigenvalue weighted by Crippen LogP contribution is 2.58. The molecule has 0 saturated heterocycles. The fourth-order valence-corrected chi connectivity index (χ4v) is 8.83. The first-order chi connectivity index (χ1) is 11.7. The molecule has 130 valence electrons. The summed E-state index contributed by atoms with van der Waals surface area (Å²) in [6, 6.07) is 0. The Morgan fingerprint density at radius 1 is 0.458 bits per heavy atom. The molecule has 8 aliphatic rings. The summed E-state index contributed by atoms with van der Waals surface area (Å²) in [6.45, 7) is 0. The van der Waals surface area contributed by atoms with Gasteiger partial charge in [-0.3, -0.25) is 9.98 Å². The quantitative estimate of drug-likeness (QED) is 0.648. The molecule has 0 spiro atoms. The van der Waals surface area contributed by atoms with Crippen molar-refractivity contribution in [3.63, 3.8) is 0 Å². The van der Waals surface area contributed by atoms with E-state index < -0.39 is 0 Å². The van der Waals surface area contributed by atoms with Gasteiger partial charge in [-0.25, -0.2) is 0 Å². The predicted molar refractivity (Wildman–Crippen MR) is 98.8 cm³/mol. The van der Waals surface area contributed by atoms with Crippen LogP contribution in [0.5, 0.6) is 0 Å². The van der Waals surface area contributed by atoms with Crippen LogP contribution < -0.4 is 0 Å². The second kappa shape index (κ2) is 4.95. The second-order valence-electron chi connectivity index (χ2n) is 10.8. The zero-order valence-corrected chi connectivity index (χ0v) is 15.0. The molecule has 0 heterocycles. The lowest BCUT2D eigenvalue weighted by molar-refractivity contribution is 0.00130.